The number of hydrogen-bond donors (Lipinski definition) is 0. The van der Waals surface area contributed by atoms with Gasteiger partial charge in [0.1, 0.15) is 18.1 Å². The zero-order chi connectivity index (χ0) is 27.4. The fourth-order valence-corrected chi connectivity index (χ4v) is 5.68. The van der Waals surface area contributed by atoms with Crippen molar-refractivity contribution in [2.45, 2.75) is 26.3 Å². The number of amidine groups is 1. The second kappa shape index (κ2) is 11.8. The summed E-state index contributed by atoms with van der Waals surface area (Å²) in [5.74, 6) is 0.578. The molecule has 1 unspecified atom stereocenters. The number of piperazine rings is 1. The third kappa shape index (κ3) is 5.42. The lowest BCUT2D eigenvalue weighted by Crippen LogP contribution is -2.50. The molecule has 0 spiro atoms. The van der Waals surface area contributed by atoms with Crippen molar-refractivity contribution in [3.8, 4) is 11.5 Å². The van der Waals surface area contributed by atoms with E-state index in [4.69, 9.17) is 19.2 Å². The number of ether oxygens (including phenoxy) is 3. The highest BCUT2D eigenvalue weighted by Gasteiger charge is 2.42. The number of amides is 2. The van der Waals surface area contributed by atoms with Gasteiger partial charge in [0, 0.05) is 50.4 Å². The van der Waals surface area contributed by atoms with Crippen molar-refractivity contribution >= 4 is 34.7 Å². The van der Waals surface area contributed by atoms with Gasteiger partial charge in [0.15, 0.2) is 5.17 Å². The molecule has 38 heavy (non-hydrogen) atoms. The zero-order valence-electron chi connectivity index (χ0n) is 22.1. The standard InChI is InChI=1S/C27H32N4O6S/c1-6-13-37-26(34)24-17(2)28-27-31(25(24)21-8-7-20(35-4)15-22(21)36-5)19(16-38-27)14-23(33)30-11-9-29(10-12-30)18(3)32/h6-8,15-16,25H,1,9-14H2,2-5H3. The van der Waals surface area contributed by atoms with Gasteiger partial charge in [-0.2, -0.15) is 0 Å². The fourth-order valence-electron chi connectivity index (χ4n) is 4.72. The summed E-state index contributed by atoms with van der Waals surface area (Å²) in [4.78, 5) is 48.4. The number of carbonyl (C=O) groups excluding carboxylic acids is 3. The van der Waals surface area contributed by atoms with E-state index in [0.717, 1.165) is 5.70 Å². The lowest BCUT2D eigenvalue weighted by atomic mass is 9.93. The molecule has 3 aliphatic heterocycles. The van der Waals surface area contributed by atoms with E-state index in [1.807, 2.05) is 16.4 Å². The van der Waals surface area contributed by atoms with Crippen LogP contribution < -0.4 is 9.47 Å². The lowest BCUT2D eigenvalue weighted by Gasteiger charge is -2.38. The molecule has 0 aliphatic carbocycles. The molecule has 1 saturated heterocycles. The maximum atomic E-state index is 13.3. The average Bonchev–Trinajstić information content (AvgIpc) is 3.32. The predicted octanol–water partition coefficient (Wildman–Crippen LogP) is 3.09. The first-order valence-electron chi connectivity index (χ1n) is 12.3. The maximum absolute atomic E-state index is 13.3. The van der Waals surface area contributed by atoms with Crippen molar-refractivity contribution in [1.29, 1.82) is 0 Å². The molecule has 10 nitrogen and oxygen atoms in total. The van der Waals surface area contributed by atoms with E-state index in [2.05, 4.69) is 6.58 Å². The van der Waals surface area contributed by atoms with E-state index < -0.39 is 12.0 Å². The third-order valence-corrected chi connectivity index (χ3v) is 7.59. The number of methoxy groups -OCH3 is 2. The van der Waals surface area contributed by atoms with Gasteiger partial charge < -0.3 is 28.9 Å². The summed E-state index contributed by atoms with van der Waals surface area (Å²) in [5, 5.41) is 2.56. The van der Waals surface area contributed by atoms with Crippen molar-refractivity contribution in [1.82, 2.24) is 14.7 Å². The van der Waals surface area contributed by atoms with E-state index in [-0.39, 0.29) is 24.8 Å². The van der Waals surface area contributed by atoms with E-state index in [1.165, 1.54) is 24.8 Å². The van der Waals surface area contributed by atoms with Crippen molar-refractivity contribution < 1.29 is 28.6 Å². The van der Waals surface area contributed by atoms with Crippen LogP contribution >= 0.6 is 11.8 Å². The van der Waals surface area contributed by atoms with Crippen LogP contribution in [0.3, 0.4) is 0 Å². The molecule has 1 fully saturated rings. The Morgan fingerprint density at radius 2 is 1.84 bits per heavy atom. The Bertz CT molecular complexity index is 1230. The highest BCUT2D eigenvalue weighted by Crippen LogP contribution is 2.47. The molecule has 0 radical (unpaired) electrons. The van der Waals surface area contributed by atoms with Crippen molar-refractivity contribution in [3.05, 3.63) is 58.8 Å². The second-order valence-electron chi connectivity index (χ2n) is 8.95. The lowest BCUT2D eigenvalue weighted by molar-refractivity contribution is -0.138. The molecule has 0 aromatic heterocycles. The number of carbonyl (C=O) groups is 3. The first kappa shape index (κ1) is 27.3. The highest BCUT2D eigenvalue weighted by molar-refractivity contribution is 8.16. The molecular weight excluding hydrogens is 508 g/mol. The number of fused-ring (bicyclic) bond motifs is 1. The molecule has 2 amide bonds. The molecule has 0 bridgehead atoms. The molecule has 1 atom stereocenters. The molecule has 3 aliphatic rings. The molecule has 0 N–H and O–H groups in total. The Labute approximate surface area is 226 Å². The third-order valence-electron chi connectivity index (χ3n) is 6.70. The Morgan fingerprint density at radius 3 is 2.47 bits per heavy atom. The molecule has 1 aromatic rings. The van der Waals surface area contributed by atoms with E-state index in [0.29, 0.717) is 59.7 Å². The van der Waals surface area contributed by atoms with Crippen LogP contribution in [0.25, 0.3) is 0 Å². The molecule has 202 valence electrons. The number of nitrogens with zero attached hydrogens (tertiary/aromatic N) is 4. The van der Waals surface area contributed by atoms with E-state index >= 15 is 0 Å². The number of esters is 1. The Hall–Kier alpha value is -3.73. The minimum absolute atomic E-state index is 0.00970. The van der Waals surface area contributed by atoms with Gasteiger partial charge in [-0.1, -0.05) is 24.4 Å². The van der Waals surface area contributed by atoms with Gasteiger partial charge in [0.05, 0.1) is 38.0 Å². The second-order valence-corrected chi connectivity index (χ2v) is 9.79. The van der Waals surface area contributed by atoms with Gasteiger partial charge in [0.25, 0.3) is 0 Å². The highest BCUT2D eigenvalue weighted by atomic mass is 32.2. The SMILES string of the molecule is C=CCOC(=O)C1=C(C)N=C2SC=C(CC(=O)N3CCN(C(C)=O)CC3)N2C1c1ccc(OC)cc1OC. The maximum Gasteiger partial charge on any atom is 0.338 e. The predicted molar refractivity (Wildman–Crippen MR) is 145 cm³/mol. The number of rotatable bonds is 8. The summed E-state index contributed by atoms with van der Waals surface area (Å²) >= 11 is 1.40. The normalized spacial score (nSPS) is 18.9. The zero-order valence-corrected chi connectivity index (χ0v) is 22.9. The monoisotopic (exact) mass is 540 g/mol. The quantitative estimate of drug-likeness (QED) is 0.366. The van der Waals surface area contributed by atoms with Gasteiger partial charge in [-0.15, -0.1) is 0 Å². The van der Waals surface area contributed by atoms with Crippen LogP contribution in [-0.4, -0.2) is 84.7 Å². The minimum Gasteiger partial charge on any atom is -0.497 e. The summed E-state index contributed by atoms with van der Waals surface area (Å²) in [6, 6.07) is 4.78. The van der Waals surface area contributed by atoms with Gasteiger partial charge in [-0.3, -0.25) is 9.59 Å². The molecule has 3 heterocycles. The average molecular weight is 541 g/mol. The number of thioether (sulfide) groups is 1. The molecule has 1 aromatic carbocycles. The van der Waals surface area contributed by atoms with E-state index in [9.17, 15) is 14.4 Å². The van der Waals surface area contributed by atoms with Crippen LogP contribution in [-0.2, 0) is 19.1 Å². The van der Waals surface area contributed by atoms with Gasteiger partial charge >= 0.3 is 5.97 Å². The number of benzene rings is 1. The summed E-state index contributed by atoms with van der Waals surface area (Å²) in [5.41, 5.74) is 2.32. The molecular formula is C27H32N4O6S. The van der Waals surface area contributed by atoms with Crippen LogP contribution in [0.1, 0.15) is 31.9 Å². The minimum atomic E-state index is -0.635. The smallest absolute Gasteiger partial charge is 0.338 e. The molecule has 11 heteroatoms. The molecule has 0 saturated carbocycles. The van der Waals surface area contributed by atoms with Crippen LogP contribution in [0.15, 0.2) is 58.2 Å². The summed E-state index contributed by atoms with van der Waals surface area (Å²) in [7, 11) is 3.13. The number of aliphatic imine (C=N–C) groups is 1. The Balaban J connectivity index is 1.68. The first-order valence-corrected chi connectivity index (χ1v) is 13.1. The Morgan fingerprint density at radius 1 is 1.13 bits per heavy atom. The van der Waals surface area contributed by atoms with Crippen LogP contribution in [0, 0.1) is 0 Å². The Kier molecular flexibility index (Phi) is 8.45. The van der Waals surface area contributed by atoms with Crippen LogP contribution in [0.2, 0.25) is 0 Å². The van der Waals surface area contributed by atoms with Crippen molar-refractivity contribution in [2.75, 3.05) is 47.0 Å². The van der Waals surface area contributed by atoms with Crippen molar-refractivity contribution in [3.63, 3.8) is 0 Å². The van der Waals surface area contributed by atoms with Gasteiger partial charge in [0.2, 0.25) is 11.8 Å². The summed E-state index contributed by atoms with van der Waals surface area (Å²) < 4.78 is 16.5. The summed E-state index contributed by atoms with van der Waals surface area (Å²) in [6.45, 7) is 8.99. The van der Waals surface area contributed by atoms with E-state index in [1.54, 1.807) is 43.1 Å². The first-order chi connectivity index (χ1) is 18.3. The van der Waals surface area contributed by atoms with Crippen LogP contribution in [0.4, 0.5) is 0 Å². The fraction of sp³-hybridized carbons (Fsp3) is 0.407. The molecule has 4 rings (SSSR count). The van der Waals surface area contributed by atoms with Gasteiger partial charge in [-0.05, 0) is 24.5 Å². The van der Waals surface area contributed by atoms with Gasteiger partial charge in [-0.25, -0.2) is 9.79 Å². The largest absolute Gasteiger partial charge is 0.497 e. The topological polar surface area (TPSA) is 101 Å². The van der Waals surface area contributed by atoms with Crippen LogP contribution in [0.5, 0.6) is 11.5 Å². The summed E-state index contributed by atoms with van der Waals surface area (Å²) in [6.07, 6.45) is 1.63. The number of allylic oxidation sites excluding steroid dienone is 1. The number of hydrogen-bond acceptors (Lipinski definition) is 9. The van der Waals surface area contributed by atoms with Crippen molar-refractivity contribution in [2.24, 2.45) is 4.99 Å².